The fourth-order valence-electron chi connectivity index (χ4n) is 3.51. The molecule has 1 aliphatic heterocycles. The number of pyridine rings is 1. The van der Waals surface area contributed by atoms with E-state index in [0.717, 1.165) is 4.90 Å². The third-order valence-corrected chi connectivity index (χ3v) is 5.35. The molecule has 9 heteroatoms. The average molecular weight is 480 g/mol. The lowest BCUT2D eigenvalue weighted by atomic mass is 9.94. The average Bonchev–Trinajstić information content (AvgIpc) is 3.05. The number of hydrogen-bond acceptors (Lipinski definition) is 6. The second kappa shape index (κ2) is 8.11. The van der Waals surface area contributed by atoms with Crippen molar-refractivity contribution in [3.63, 3.8) is 0 Å². The van der Waals surface area contributed by atoms with Crippen molar-refractivity contribution in [3.05, 3.63) is 104 Å². The van der Waals surface area contributed by atoms with Gasteiger partial charge in [-0.15, -0.1) is 0 Å². The van der Waals surface area contributed by atoms with E-state index in [1.54, 1.807) is 42.5 Å². The normalized spacial score (nSPS) is 17.7. The predicted molar refractivity (Wildman–Crippen MR) is 116 cm³/mol. The molecule has 1 fully saturated rings. The van der Waals surface area contributed by atoms with E-state index in [1.807, 2.05) is 0 Å². The van der Waals surface area contributed by atoms with E-state index in [1.165, 1.54) is 30.5 Å². The SMILES string of the molecule is O=C1C(=O)N(c2ccc(Br)cn2)C(c2ccccc2[N+](=O)[O-])/C1=C(\O)c1ccccc1. The number of ketones is 1. The molecular formula is C22H14BrN3O5. The van der Waals surface area contributed by atoms with Crippen LogP contribution in [0.1, 0.15) is 17.2 Å². The third kappa shape index (κ3) is 3.59. The summed E-state index contributed by atoms with van der Waals surface area (Å²) in [5.74, 6) is -2.17. The highest BCUT2D eigenvalue weighted by molar-refractivity contribution is 9.10. The number of hydrogen-bond donors (Lipinski definition) is 1. The van der Waals surface area contributed by atoms with Gasteiger partial charge in [0.15, 0.2) is 0 Å². The first-order valence-electron chi connectivity index (χ1n) is 9.11. The number of benzene rings is 2. The Kier molecular flexibility index (Phi) is 5.35. The van der Waals surface area contributed by atoms with Crippen LogP contribution in [0.2, 0.25) is 0 Å². The molecule has 31 heavy (non-hydrogen) atoms. The quantitative estimate of drug-likeness (QED) is 0.195. The first-order valence-corrected chi connectivity index (χ1v) is 9.90. The maximum Gasteiger partial charge on any atom is 0.301 e. The molecule has 8 nitrogen and oxygen atoms in total. The number of nitro benzene ring substituents is 1. The second-order valence-corrected chi connectivity index (χ2v) is 7.60. The van der Waals surface area contributed by atoms with Crippen LogP contribution in [0.4, 0.5) is 11.5 Å². The number of carbonyl (C=O) groups is 2. The van der Waals surface area contributed by atoms with Gasteiger partial charge in [-0.05, 0) is 34.1 Å². The van der Waals surface area contributed by atoms with Crippen molar-refractivity contribution < 1.29 is 19.6 Å². The molecule has 2 heterocycles. The molecule has 154 valence electrons. The zero-order valence-electron chi connectivity index (χ0n) is 15.8. The Labute approximate surface area is 184 Å². The van der Waals surface area contributed by atoms with Crippen molar-refractivity contribution in [2.75, 3.05) is 4.90 Å². The summed E-state index contributed by atoms with van der Waals surface area (Å²) in [5.41, 5.74) is -0.118. The summed E-state index contributed by atoms with van der Waals surface area (Å²) in [4.78, 5) is 42.4. The lowest BCUT2D eigenvalue weighted by molar-refractivity contribution is -0.385. The van der Waals surface area contributed by atoms with Crippen LogP contribution >= 0.6 is 15.9 Å². The van der Waals surface area contributed by atoms with E-state index in [-0.39, 0.29) is 22.6 Å². The second-order valence-electron chi connectivity index (χ2n) is 6.69. The summed E-state index contributed by atoms with van der Waals surface area (Å²) < 4.78 is 0.652. The predicted octanol–water partition coefficient (Wildman–Crippen LogP) is 4.38. The van der Waals surface area contributed by atoms with Crippen molar-refractivity contribution in [1.29, 1.82) is 0 Å². The van der Waals surface area contributed by atoms with Crippen LogP contribution in [-0.4, -0.2) is 26.7 Å². The van der Waals surface area contributed by atoms with Gasteiger partial charge in [0.25, 0.3) is 11.5 Å². The first kappa shape index (κ1) is 20.4. The van der Waals surface area contributed by atoms with E-state index in [4.69, 9.17) is 0 Å². The van der Waals surface area contributed by atoms with Crippen LogP contribution in [0.5, 0.6) is 0 Å². The topological polar surface area (TPSA) is 114 Å². The Hall–Kier alpha value is -3.85. The summed E-state index contributed by atoms with van der Waals surface area (Å²) in [6, 6.07) is 16.0. The fraction of sp³-hybridized carbons (Fsp3) is 0.0455. The summed E-state index contributed by atoms with van der Waals surface area (Å²) in [7, 11) is 0. The minimum atomic E-state index is -1.23. The van der Waals surface area contributed by atoms with Gasteiger partial charge < -0.3 is 5.11 Å². The van der Waals surface area contributed by atoms with Crippen molar-refractivity contribution in [1.82, 2.24) is 4.98 Å². The summed E-state index contributed by atoms with van der Waals surface area (Å²) >= 11 is 3.27. The van der Waals surface area contributed by atoms with E-state index in [0.29, 0.717) is 10.0 Å². The maximum absolute atomic E-state index is 13.0. The highest BCUT2D eigenvalue weighted by Gasteiger charge is 2.49. The molecule has 0 spiro atoms. The number of nitrogens with zero attached hydrogens (tertiary/aromatic N) is 3. The molecule has 4 rings (SSSR count). The van der Waals surface area contributed by atoms with Gasteiger partial charge in [-0.1, -0.05) is 42.5 Å². The molecule has 1 N–H and O–H groups in total. The number of halogens is 1. The number of nitro groups is 1. The maximum atomic E-state index is 13.0. The monoisotopic (exact) mass is 479 g/mol. The van der Waals surface area contributed by atoms with Crippen LogP contribution in [0.25, 0.3) is 5.76 Å². The van der Waals surface area contributed by atoms with Gasteiger partial charge in [0, 0.05) is 22.3 Å². The standard InChI is InChI=1S/C22H14BrN3O5/c23-14-10-11-17(24-12-14)25-19(15-8-4-5-9-16(15)26(30)31)18(21(28)22(25)29)20(27)13-6-2-1-3-7-13/h1-12,19,27H/b20-18+. The lowest BCUT2D eigenvalue weighted by Gasteiger charge is -2.24. The van der Waals surface area contributed by atoms with Crippen LogP contribution < -0.4 is 4.90 Å². The molecule has 2 aromatic carbocycles. The van der Waals surface area contributed by atoms with Gasteiger partial charge in [-0.3, -0.25) is 24.6 Å². The Morgan fingerprint density at radius 3 is 2.35 bits per heavy atom. The van der Waals surface area contributed by atoms with Crippen molar-refractivity contribution in [2.24, 2.45) is 0 Å². The fourth-order valence-corrected chi connectivity index (χ4v) is 3.74. The van der Waals surface area contributed by atoms with Crippen molar-refractivity contribution in [3.8, 4) is 0 Å². The molecular weight excluding hydrogens is 466 g/mol. The summed E-state index contributed by atoms with van der Waals surface area (Å²) in [6.07, 6.45) is 1.45. The first-order chi connectivity index (χ1) is 14.9. The van der Waals surface area contributed by atoms with Crippen LogP contribution in [0, 0.1) is 10.1 Å². The number of amides is 1. The van der Waals surface area contributed by atoms with Gasteiger partial charge in [-0.25, -0.2) is 4.98 Å². The van der Waals surface area contributed by atoms with E-state index in [2.05, 4.69) is 20.9 Å². The third-order valence-electron chi connectivity index (χ3n) is 4.88. The Balaban J connectivity index is 2.01. The lowest BCUT2D eigenvalue weighted by Crippen LogP contribution is -2.30. The van der Waals surface area contributed by atoms with Gasteiger partial charge in [-0.2, -0.15) is 0 Å². The van der Waals surface area contributed by atoms with E-state index in [9.17, 15) is 24.8 Å². The minimum Gasteiger partial charge on any atom is -0.507 e. The van der Waals surface area contributed by atoms with Gasteiger partial charge >= 0.3 is 5.91 Å². The molecule has 0 saturated carbocycles. The molecule has 1 aromatic heterocycles. The number of carbonyl (C=O) groups excluding carboxylic acids is 2. The molecule has 0 aliphatic carbocycles. The largest absolute Gasteiger partial charge is 0.507 e. The number of aliphatic hydroxyl groups is 1. The number of para-hydroxylation sites is 1. The highest BCUT2D eigenvalue weighted by atomic mass is 79.9. The van der Waals surface area contributed by atoms with Crippen molar-refractivity contribution >= 4 is 44.9 Å². The molecule has 0 bridgehead atoms. The summed E-state index contributed by atoms with van der Waals surface area (Å²) in [5, 5.41) is 22.7. The van der Waals surface area contributed by atoms with Crippen LogP contribution in [0.15, 0.2) is 83.0 Å². The number of Topliss-reactive ketones (excluding diaryl/α,β-unsaturated/α-hetero) is 1. The number of aliphatic hydroxyl groups excluding tert-OH is 1. The molecule has 1 unspecified atom stereocenters. The van der Waals surface area contributed by atoms with Gasteiger partial charge in [0.2, 0.25) is 0 Å². The number of rotatable bonds is 4. The molecule has 1 amide bonds. The minimum absolute atomic E-state index is 0.0916. The molecule has 1 saturated heterocycles. The van der Waals surface area contributed by atoms with Crippen LogP contribution in [0.3, 0.4) is 0 Å². The Morgan fingerprint density at radius 2 is 1.71 bits per heavy atom. The Morgan fingerprint density at radius 1 is 1.03 bits per heavy atom. The van der Waals surface area contributed by atoms with E-state index >= 15 is 0 Å². The van der Waals surface area contributed by atoms with Crippen molar-refractivity contribution in [2.45, 2.75) is 6.04 Å². The molecule has 0 radical (unpaired) electrons. The highest BCUT2D eigenvalue weighted by Crippen LogP contribution is 2.44. The van der Waals surface area contributed by atoms with E-state index < -0.39 is 28.4 Å². The molecule has 1 atom stereocenters. The molecule has 3 aromatic rings. The molecule has 1 aliphatic rings. The number of anilines is 1. The zero-order chi connectivity index (χ0) is 22.1. The smallest absolute Gasteiger partial charge is 0.301 e. The van der Waals surface area contributed by atoms with Gasteiger partial charge in [0.05, 0.1) is 16.1 Å². The van der Waals surface area contributed by atoms with Crippen LogP contribution in [-0.2, 0) is 9.59 Å². The Bertz CT molecular complexity index is 1230. The summed E-state index contributed by atoms with van der Waals surface area (Å²) in [6.45, 7) is 0. The van der Waals surface area contributed by atoms with Gasteiger partial charge in [0.1, 0.15) is 17.6 Å². The zero-order valence-corrected chi connectivity index (χ0v) is 17.4. The number of aromatic nitrogens is 1.